The smallest absolute Gasteiger partial charge is 0.182 e. The number of nitrogens with zero attached hydrogens (tertiary/aromatic N) is 3. The zero-order valence-electron chi connectivity index (χ0n) is 13.6. The van der Waals surface area contributed by atoms with Crippen LogP contribution in [0.15, 0.2) is 65.1 Å². The zero-order valence-corrected chi connectivity index (χ0v) is 15.2. The first-order valence-corrected chi connectivity index (χ1v) is 8.68. The average molecular weight is 407 g/mol. The molecule has 0 saturated heterocycles. The maximum absolute atomic E-state index is 7.84. The number of nitrogen functional groups attached to an aromatic ring is 2. The minimum absolute atomic E-state index is 0.0490. The predicted octanol–water partition coefficient (Wildman–Crippen LogP) is 3.69. The van der Waals surface area contributed by atoms with Gasteiger partial charge in [-0.15, -0.1) is 5.10 Å². The van der Waals surface area contributed by atoms with Crippen LogP contribution in [0.25, 0.3) is 28.3 Å². The molecule has 5 N–H and O–H groups in total. The summed E-state index contributed by atoms with van der Waals surface area (Å²) in [6, 6.07) is 19.0. The molecule has 2 heterocycles. The lowest BCUT2D eigenvalue weighted by atomic mass is 10.1. The first-order chi connectivity index (χ1) is 12.5. The van der Waals surface area contributed by atoms with Gasteiger partial charge < -0.3 is 11.5 Å². The Morgan fingerprint density at radius 1 is 1.00 bits per heavy atom. The molecular weight excluding hydrogens is 392 g/mol. The molecule has 0 bridgehead atoms. The molecule has 2 aromatic heterocycles. The normalized spacial score (nSPS) is 11.0. The van der Waals surface area contributed by atoms with Gasteiger partial charge in [0.1, 0.15) is 5.84 Å². The molecule has 26 heavy (non-hydrogen) atoms. The molecule has 0 radical (unpaired) electrons. The van der Waals surface area contributed by atoms with Crippen LogP contribution < -0.4 is 11.5 Å². The number of amidine groups is 1. The number of pyridine rings is 1. The molecule has 0 aliphatic heterocycles. The van der Waals surface area contributed by atoms with E-state index in [4.69, 9.17) is 16.9 Å². The molecule has 0 aliphatic rings. The molecule has 6 nitrogen and oxygen atoms in total. The first kappa shape index (κ1) is 16.3. The van der Waals surface area contributed by atoms with Crippen LogP contribution in [0.5, 0.6) is 0 Å². The second-order valence-corrected chi connectivity index (χ2v) is 6.76. The Bertz CT molecular complexity index is 1130. The molecule has 0 aliphatic carbocycles. The van der Waals surface area contributed by atoms with E-state index in [-0.39, 0.29) is 5.84 Å². The van der Waals surface area contributed by atoms with Crippen molar-refractivity contribution in [3.8, 4) is 22.6 Å². The standard InChI is InChI=1S/C19H15BrN6/c20-13-3-1-2-12(10-13)16-9-8-15(17(22)23)19-24-18(25-26(16)19)11-4-6-14(21)7-5-11/h1-10H,21H2,(H3,22,23). The number of hydrogen-bond donors (Lipinski definition) is 3. The first-order valence-electron chi connectivity index (χ1n) is 7.89. The molecule has 0 saturated carbocycles. The van der Waals surface area contributed by atoms with E-state index in [2.05, 4.69) is 26.0 Å². The van der Waals surface area contributed by atoms with Gasteiger partial charge >= 0.3 is 0 Å². The van der Waals surface area contributed by atoms with E-state index in [1.54, 1.807) is 10.6 Å². The maximum Gasteiger partial charge on any atom is 0.182 e. The average Bonchev–Trinajstić information content (AvgIpc) is 3.06. The molecule has 7 heteroatoms. The fourth-order valence-electron chi connectivity index (χ4n) is 2.79. The van der Waals surface area contributed by atoms with Gasteiger partial charge in [-0.3, -0.25) is 5.41 Å². The summed E-state index contributed by atoms with van der Waals surface area (Å²) in [5.41, 5.74) is 15.9. The van der Waals surface area contributed by atoms with Gasteiger partial charge in [0, 0.05) is 21.3 Å². The summed E-state index contributed by atoms with van der Waals surface area (Å²) in [5, 5.41) is 12.5. The zero-order chi connectivity index (χ0) is 18.3. The van der Waals surface area contributed by atoms with Crippen LogP contribution >= 0.6 is 15.9 Å². The largest absolute Gasteiger partial charge is 0.399 e. The Hall–Kier alpha value is -3.19. The highest BCUT2D eigenvalue weighted by atomic mass is 79.9. The molecule has 0 fully saturated rings. The maximum atomic E-state index is 7.84. The molecule has 128 valence electrons. The summed E-state index contributed by atoms with van der Waals surface area (Å²) in [6.07, 6.45) is 0. The van der Waals surface area contributed by atoms with Gasteiger partial charge in [0.25, 0.3) is 0 Å². The number of aromatic nitrogens is 3. The highest BCUT2D eigenvalue weighted by Gasteiger charge is 2.15. The fraction of sp³-hybridized carbons (Fsp3) is 0. The fourth-order valence-corrected chi connectivity index (χ4v) is 3.19. The van der Waals surface area contributed by atoms with E-state index in [1.165, 1.54) is 0 Å². The Morgan fingerprint density at radius 2 is 1.77 bits per heavy atom. The molecule has 0 spiro atoms. The molecule has 0 amide bonds. The molecule has 4 rings (SSSR count). The number of anilines is 1. The number of benzene rings is 2. The van der Waals surface area contributed by atoms with Crippen molar-refractivity contribution in [1.82, 2.24) is 14.6 Å². The lowest BCUT2D eigenvalue weighted by Gasteiger charge is -2.07. The van der Waals surface area contributed by atoms with E-state index in [1.807, 2.05) is 54.6 Å². The molecule has 0 atom stereocenters. The number of fused-ring (bicyclic) bond motifs is 1. The summed E-state index contributed by atoms with van der Waals surface area (Å²) in [7, 11) is 0. The van der Waals surface area contributed by atoms with E-state index in [0.29, 0.717) is 22.7 Å². The van der Waals surface area contributed by atoms with Crippen LogP contribution in [0, 0.1) is 5.41 Å². The van der Waals surface area contributed by atoms with Gasteiger partial charge in [-0.25, -0.2) is 9.50 Å². The molecular formula is C19H15BrN6. The monoisotopic (exact) mass is 406 g/mol. The number of nitrogens with two attached hydrogens (primary N) is 2. The minimum atomic E-state index is -0.0490. The van der Waals surface area contributed by atoms with Gasteiger partial charge in [0.05, 0.1) is 11.3 Å². The third-order valence-electron chi connectivity index (χ3n) is 4.06. The van der Waals surface area contributed by atoms with Crippen LogP contribution in [0.4, 0.5) is 5.69 Å². The summed E-state index contributed by atoms with van der Waals surface area (Å²) < 4.78 is 2.70. The predicted molar refractivity (Wildman–Crippen MR) is 107 cm³/mol. The Kier molecular flexibility index (Phi) is 3.93. The van der Waals surface area contributed by atoms with Crippen LogP contribution in [-0.2, 0) is 0 Å². The Labute approximate surface area is 158 Å². The van der Waals surface area contributed by atoms with Crippen molar-refractivity contribution in [2.45, 2.75) is 0 Å². The number of hydrogen-bond acceptors (Lipinski definition) is 4. The van der Waals surface area contributed by atoms with E-state index in [0.717, 1.165) is 21.3 Å². The van der Waals surface area contributed by atoms with Crippen LogP contribution in [0.2, 0.25) is 0 Å². The van der Waals surface area contributed by atoms with Crippen LogP contribution in [-0.4, -0.2) is 20.4 Å². The molecule has 0 unspecified atom stereocenters. The SMILES string of the molecule is N=C(N)c1ccc(-c2cccc(Br)c2)n2nc(-c3ccc(N)cc3)nc12. The van der Waals surface area contributed by atoms with Crippen molar-refractivity contribution >= 4 is 33.1 Å². The van der Waals surface area contributed by atoms with Gasteiger partial charge in [0.2, 0.25) is 0 Å². The van der Waals surface area contributed by atoms with Crippen molar-refractivity contribution in [3.05, 3.63) is 70.7 Å². The van der Waals surface area contributed by atoms with Crippen molar-refractivity contribution in [3.63, 3.8) is 0 Å². The van der Waals surface area contributed by atoms with E-state index < -0.39 is 0 Å². The second-order valence-electron chi connectivity index (χ2n) is 5.85. The number of nitrogens with one attached hydrogen (secondary N) is 1. The van der Waals surface area contributed by atoms with Crippen molar-refractivity contribution < 1.29 is 0 Å². The van der Waals surface area contributed by atoms with Crippen molar-refractivity contribution in [2.75, 3.05) is 5.73 Å². The second kappa shape index (κ2) is 6.27. The van der Waals surface area contributed by atoms with Gasteiger partial charge in [-0.05, 0) is 48.5 Å². The highest BCUT2D eigenvalue weighted by Crippen LogP contribution is 2.27. The van der Waals surface area contributed by atoms with Crippen LogP contribution in [0.3, 0.4) is 0 Å². The molecule has 2 aromatic carbocycles. The third-order valence-corrected chi connectivity index (χ3v) is 4.56. The lowest BCUT2D eigenvalue weighted by Crippen LogP contribution is -2.13. The minimum Gasteiger partial charge on any atom is -0.399 e. The van der Waals surface area contributed by atoms with Crippen LogP contribution in [0.1, 0.15) is 5.56 Å². The molecule has 4 aromatic rings. The quantitative estimate of drug-likeness (QED) is 0.274. The number of rotatable bonds is 3. The van der Waals surface area contributed by atoms with E-state index in [9.17, 15) is 0 Å². The van der Waals surface area contributed by atoms with Gasteiger partial charge in [-0.1, -0.05) is 28.1 Å². The van der Waals surface area contributed by atoms with Crippen molar-refractivity contribution in [1.29, 1.82) is 5.41 Å². The summed E-state index contributed by atoms with van der Waals surface area (Å²) >= 11 is 3.50. The highest BCUT2D eigenvalue weighted by molar-refractivity contribution is 9.10. The topological polar surface area (TPSA) is 106 Å². The summed E-state index contributed by atoms with van der Waals surface area (Å²) in [6.45, 7) is 0. The van der Waals surface area contributed by atoms with E-state index >= 15 is 0 Å². The Balaban J connectivity index is 1.98. The lowest BCUT2D eigenvalue weighted by molar-refractivity contribution is 0.972. The van der Waals surface area contributed by atoms with Gasteiger partial charge in [-0.2, -0.15) is 0 Å². The van der Waals surface area contributed by atoms with Crippen molar-refractivity contribution in [2.24, 2.45) is 5.73 Å². The summed E-state index contributed by atoms with van der Waals surface area (Å²) in [4.78, 5) is 4.62. The van der Waals surface area contributed by atoms with Gasteiger partial charge in [0.15, 0.2) is 11.5 Å². The third kappa shape index (κ3) is 2.82. The Morgan fingerprint density at radius 3 is 2.46 bits per heavy atom. The number of halogens is 1. The summed E-state index contributed by atoms with van der Waals surface area (Å²) in [5.74, 6) is 0.502.